The number of hydrogen-bond donors (Lipinski definition) is 2. The van der Waals surface area contributed by atoms with Crippen LogP contribution < -0.4 is 9.89 Å². The lowest BCUT2D eigenvalue weighted by atomic mass is 9.46. The average Bonchev–Trinajstić information content (AvgIpc) is 2.53. The highest BCUT2D eigenvalue weighted by Gasteiger charge is 2.54. The van der Waals surface area contributed by atoms with Crippen molar-refractivity contribution in [1.82, 2.24) is 0 Å². The van der Waals surface area contributed by atoms with Crippen molar-refractivity contribution in [3.8, 4) is 5.75 Å². The van der Waals surface area contributed by atoms with E-state index < -0.39 is 7.12 Å². The van der Waals surface area contributed by atoms with Crippen LogP contribution in [0, 0.1) is 31.6 Å². The van der Waals surface area contributed by atoms with Gasteiger partial charge in [0.25, 0.3) is 0 Å². The Morgan fingerprint density at radius 1 is 0.963 bits per heavy atom. The molecule has 0 unspecified atom stereocenters. The highest BCUT2D eigenvalue weighted by molar-refractivity contribution is 6.60. The van der Waals surface area contributed by atoms with Crippen molar-refractivity contribution in [3.63, 3.8) is 0 Å². The maximum absolute atomic E-state index is 10.2. The van der Waals surface area contributed by atoms with Gasteiger partial charge in [-0.05, 0) is 97.6 Å². The molecule has 0 heterocycles. The monoisotopic (exact) mass is 383 g/mol. The molecule has 0 atom stereocenters. The van der Waals surface area contributed by atoms with Crippen molar-refractivity contribution in [2.75, 3.05) is 0 Å². The first-order valence-electron chi connectivity index (χ1n) is 10.4. The minimum Gasteiger partial charge on any atom is -0.540 e. The van der Waals surface area contributed by atoms with Gasteiger partial charge in [0, 0.05) is 11.0 Å². The van der Waals surface area contributed by atoms with Crippen LogP contribution in [0.25, 0.3) is 0 Å². The molecule has 145 valence electrons. The van der Waals surface area contributed by atoms with Gasteiger partial charge in [-0.25, -0.2) is 0 Å². The van der Waals surface area contributed by atoms with Crippen molar-refractivity contribution < 1.29 is 14.5 Å². The molecule has 0 aromatic heterocycles. The van der Waals surface area contributed by atoms with Gasteiger partial charge < -0.3 is 14.5 Å². The van der Waals surface area contributed by atoms with E-state index in [9.17, 15) is 10.0 Å². The largest absolute Gasteiger partial charge is 0.540 e. The van der Waals surface area contributed by atoms with Crippen molar-refractivity contribution in [3.05, 3.63) is 22.3 Å². The topological polar surface area (TPSA) is 49.7 Å². The second kappa shape index (κ2) is 6.36. The lowest BCUT2D eigenvalue weighted by molar-refractivity contribution is -0.00653. The van der Waals surface area contributed by atoms with Gasteiger partial charge in [-0.2, -0.15) is 0 Å². The molecule has 0 aliphatic heterocycles. The second-order valence-electron chi connectivity index (χ2n) is 10.7. The van der Waals surface area contributed by atoms with Crippen LogP contribution in [0.5, 0.6) is 5.75 Å². The summed E-state index contributed by atoms with van der Waals surface area (Å²) in [6.07, 6.45) is 7.80. The Labute approximate surface area is 167 Å². The Bertz CT molecular complexity index is 731. The highest BCUT2D eigenvalue weighted by atomic mass is 28.2. The lowest BCUT2D eigenvalue weighted by Crippen LogP contribution is -2.50. The molecule has 4 aliphatic rings. The maximum Gasteiger partial charge on any atom is 0.492 e. The van der Waals surface area contributed by atoms with E-state index in [2.05, 4.69) is 38.2 Å². The summed E-state index contributed by atoms with van der Waals surface area (Å²) < 4.78 is 5.78. The average molecular weight is 383 g/mol. The van der Waals surface area contributed by atoms with Gasteiger partial charge >= 0.3 is 17.6 Å². The minimum atomic E-state index is -1.53. The molecule has 2 N–H and O–H groups in total. The van der Waals surface area contributed by atoms with Crippen molar-refractivity contribution in [2.45, 2.75) is 84.0 Å². The predicted molar refractivity (Wildman–Crippen MR) is 111 cm³/mol. The molecular formula is C22H32BO3Si. The molecule has 1 aromatic rings. The molecule has 4 aliphatic carbocycles. The summed E-state index contributed by atoms with van der Waals surface area (Å²) in [6, 6.07) is 0. The third-order valence-corrected chi connectivity index (χ3v) is 7.95. The molecule has 4 saturated carbocycles. The van der Waals surface area contributed by atoms with Gasteiger partial charge in [0.1, 0.15) is 5.75 Å². The Kier molecular flexibility index (Phi) is 4.60. The van der Waals surface area contributed by atoms with Crippen LogP contribution >= 0.6 is 0 Å². The Hall–Kier alpha value is -0.778. The summed E-state index contributed by atoms with van der Waals surface area (Å²) in [5.74, 6) is 3.11. The molecule has 5 rings (SSSR count). The summed E-state index contributed by atoms with van der Waals surface area (Å²) in [7, 11) is 1.77. The summed E-state index contributed by atoms with van der Waals surface area (Å²) in [6.45, 7) is 10.9. The highest BCUT2D eigenvalue weighted by Crippen LogP contribution is 2.63. The van der Waals surface area contributed by atoms with Gasteiger partial charge in [0.2, 0.25) is 0 Å². The van der Waals surface area contributed by atoms with E-state index in [4.69, 9.17) is 4.43 Å². The van der Waals surface area contributed by atoms with Crippen LogP contribution in [0.4, 0.5) is 0 Å². The van der Waals surface area contributed by atoms with Crippen molar-refractivity contribution >= 4 is 23.1 Å². The van der Waals surface area contributed by atoms with Crippen LogP contribution in [0.15, 0.2) is 0 Å². The van der Waals surface area contributed by atoms with E-state index >= 15 is 0 Å². The summed E-state index contributed by atoms with van der Waals surface area (Å²) in [5, 5.41) is 20.4. The SMILES string of the molecule is Cc1c(C)c(C(C)(C)C)c(C23CC4CC(CC(C4)C2)C3)c(O[Si])c1B(O)O. The molecule has 0 amide bonds. The fraction of sp³-hybridized carbons (Fsp3) is 0.727. The zero-order valence-electron chi connectivity index (χ0n) is 17.4. The first kappa shape index (κ1) is 19.5. The molecule has 4 fully saturated rings. The van der Waals surface area contributed by atoms with E-state index in [0.717, 1.165) is 23.3 Å². The Balaban J connectivity index is 2.04. The van der Waals surface area contributed by atoms with E-state index in [1.807, 2.05) is 6.92 Å². The smallest absolute Gasteiger partial charge is 0.492 e. The molecule has 1 aromatic carbocycles. The molecule has 3 radical (unpaired) electrons. The fourth-order valence-electron chi connectivity index (χ4n) is 7.27. The van der Waals surface area contributed by atoms with Gasteiger partial charge in [-0.15, -0.1) is 0 Å². The van der Waals surface area contributed by atoms with Gasteiger partial charge in [-0.3, -0.25) is 0 Å². The first-order valence-corrected chi connectivity index (χ1v) is 10.9. The summed E-state index contributed by atoms with van der Waals surface area (Å²) in [5.41, 5.74) is 5.32. The standard InChI is InChI=1S/C22H32BO3Si/c1-12-13(2)19(23(24)25)20(26-27)18(17(12)21(3,4)5)22-9-14-6-15(10-22)8-16(7-14)11-22/h14-16,24-25H,6-11H2,1-5H3. The zero-order chi connectivity index (χ0) is 19.7. The van der Waals surface area contributed by atoms with Crippen LogP contribution in [0.1, 0.15) is 81.5 Å². The number of rotatable bonds is 3. The third-order valence-electron chi connectivity index (χ3n) is 7.74. The fourth-order valence-corrected chi connectivity index (χ4v) is 7.48. The first-order chi connectivity index (χ1) is 12.6. The van der Waals surface area contributed by atoms with Gasteiger partial charge in [0.15, 0.2) is 0 Å². The van der Waals surface area contributed by atoms with Gasteiger partial charge in [0.05, 0.1) is 0 Å². The summed E-state index contributed by atoms with van der Waals surface area (Å²) in [4.78, 5) is 0. The van der Waals surface area contributed by atoms with Crippen LogP contribution in [0.3, 0.4) is 0 Å². The normalized spacial score (nSPS) is 32.1. The van der Waals surface area contributed by atoms with Crippen molar-refractivity contribution in [1.29, 1.82) is 0 Å². The zero-order valence-corrected chi connectivity index (χ0v) is 18.4. The third kappa shape index (κ3) is 2.92. The molecule has 0 saturated heterocycles. The minimum absolute atomic E-state index is 0.0358. The predicted octanol–water partition coefficient (Wildman–Crippen LogP) is 3.21. The number of benzene rings is 1. The lowest BCUT2D eigenvalue weighted by Gasteiger charge is -2.58. The van der Waals surface area contributed by atoms with Gasteiger partial charge in [-0.1, -0.05) is 20.8 Å². The summed E-state index contributed by atoms with van der Waals surface area (Å²) >= 11 is 0. The Morgan fingerprint density at radius 2 is 1.44 bits per heavy atom. The van der Waals surface area contributed by atoms with Crippen LogP contribution in [-0.2, 0) is 10.8 Å². The van der Waals surface area contributed by atoms with Crippen LogP contribution in [-0.4, -0.2) is 27.7 Å². The molecule has 4 bridgehead atoms. The second-order valence-corrected chi connectivity index (χ2v) is 10.9. The van der Waals surface area contributed by atoms with E-state index in [0.29, 0.717) is 11.2 Å². The van der Waals surface area contributed by atoms with E-state index in [1.165, 1.54) is 55.2 Å². The Morgan fingerprint density at radius 3 is 1.81 bits per heavy atom. The molecule has 0 spiro atoms. The molecular weight excluding hydrogens is 351 g/mol. The molecule has 3 nitrogen and oxygen atoms in total. The number of hydrogen-bond acceptors (Lipinski definition) is 3. The van der Waals surface area contributed by atoms with E-state index in [1.54, 1.807) is 0 Å². The molecule has 27 heavy (non-hydrogen) atoms. The van der Waals surface area contributed by atoms with Crippen LogP contribution in [0.2, 0.25) is 0 Å². The maximum atomic E-state index is 10.2. The quantitative estimate of drug-likeness (QED) is 0.788. The van der Waals surface area contributed by atoms with E-state index in [-0.39, 0.29) is 10.8 Å². The van der Waals surface area contributed by atoms with Crippen molar-refractivity contribution in [2.24, 2.45) is 17.8 Å². The molecule has 5 heteroatoms.